The zero-order valence-electron chi connectivity index (χ0n) is 61.7. The van der Waals surface area contributed by atoms with E-state index in [0.717, 1.165) is 193 Å². The van der Waals surface area contributed by atoms with E-state index in [2.05, 4.69) is 125 Å². The first kappa shape index (κ1) is 94.0. The molecule has 566 valence electrons. The quantitative estimate of drug-likeness (QED) is 0.0169. The van der Waals surface area contributed by atoms with Gasteiger partial charge in [0.1, 0.15) is 19.3 Å². The number of ether oxygens (including phenoxy) is 4. The predicted molar refractivity (Wildman–Crippen MR) is 399 cm³/mol. The van der Waals surface area contributed by atoms with Crippen LogP contribution in [0.1, 0.15) is 323 Å². The molecule has 0 saturated carbocycles. The fourth-order valence-corrected chi connectivity index (χ4v) is 11.8. The smallest absolute Gasteiger partial charge is 0.462 e. The number of unbranched alkanes of at least 4 members (excludes halogenated alkanes) is 30. The third-order valence-electron chi connectivity index (χ3n) is 16.0. The first-order chi connectivity index (χ1) is 47.7. The summed E-state index contributed by atoms with van der Waals surface area (Å²) < 4.78 is 68.5. The number of aliphatic hydroxyl groups is 1. The molecule has 98 heavy (non-hydrogen) atoms. The summed E-state index contributed by atoms with van der Waals surface area (Å²) in [6, 6.07) is 0. The first-order valence-electron chi connectivity index (χ1n) is 38.5. The number of esters is 4. The highest BCUT2D eigenvalue weighted by molar-refractivity contribution is 7.47. The lowest BCUT2D eigenvalue weighted by molar-refractivity contribution is -0.161. The fourth-order valence-electron chi connectivity index (χ4n) is 10.2. The highest BCUT2D eigenvalue weighted by atomic mass is 31.2. The Morgan fingerprint density at radius 3 is 0.827 bits per heavy atom. The molecule has 0 spiro atoms. The lowest BCUT2D eigenvalue weighted by Gasteiger charge is -2.21. The van der Waals surface area contributed by atoms with Gasteiger partial charge in [0.2, 0.25) is 0 Å². The van der Waals surface area contributed by atoms with E-state index >= 15 is 0 Å². The van der Waals surface area contributed by atoms with Crippen LogP contribution in [0.25, 0.3) is 0 Å². The number of aliphatic hydroxyl groups excluding tert-OH is 1. The lowest BCUT2D eigenvalue weighted by Crippen LogP contribution is -2.30. The van der Waals surface area contributed by atoms with Crippen molar-refractivity contribution in [1.29, 1.82) is 0 Å². The molecule has 3 N–H and O–H groups in total. The molecule has 0 aliphatic heterocycles. The first-order valence-corrected chi connectivity index (χ1v) is 41.5. The van der Waals surface area contributed by atoms with Crippen molar-refractivity contribution >= 4 is 39.5 Å². The van der Waals surface area contributed by atoms with Gasteiger partial charge in [0.05, 0.1) is 26.4 Å². The molecule has 0 aromatic carbocycles. The van der Waals surface area contributed by atoms with Crippen molar-refractivity contribution in [2.24, 2.45) is 0 Å². The normalized spacial score (nSPS) is 14.5. The summed E-state index contributed by atoms with van der Waals surface area (Å²) in [5.74, 6) is -2.21. The zero-order valence-corrected chi connectivity index (χ0v) is 63.5. The van der Waals surface area contributed by atoms with Crippen molar-refractivity contribution in [1.82, 2.24) is 0 Å². The highest BCUT2D eigenvalue weighted by Gasteiger charge is 2.30. The molecule has 0 radical (unpaired) electrons. The van der Waals surface area contributed by atoms with Gasteiger partial charge in [0.15, 0.2) is 12.2 Å². The van der Waals surface area contributed by atoms with E-state index in [1.165, 1.54) is 51.4 Å². The van der Waals surface area contributed by atoms with Crippen molar-refractivity contribution in [3.8, 4) is 0 Å². The Bertz CT molecular complexity index is 2240. The van der Waals surface area contributed by atoms with Crippen LogP contribution in [-0.2, 0) is 65.4 Å². The Hall–Kier alpha value is -4.02. The van der Waals surface area contributed by atoms with Crippen molar-refractivity contribution < 1.29 is 80.2 Å². The number of allylic oxidation sites excluding steroid dienone is 16. The maximum atomic E-state index is 13.1. The van der Waals surface area contributed by atoms with Gasteiger partial charge in [-0.05, 0) is 141 Å². The van der Waals surface area contributed by atoms with Gasteiger partial charge in [-0.2, -0.15) is 0 Å². The summed E-state index contributed by atoms with van der Waals surface area (Å²) in [4.78, 5) is 72.9. The summed E-state index contributed by atoms with van der Waals surface area (Å²) in [6.45, 7) is 4.60. The number of carbonyl (C=O) groups excluding carboxylic acids is 4. The Balaban J connectivity index is 5.36. The van der Waals surface area contributed by atoms with Crippen LogP contribution in [0, 0.1) is 0 Å². The third-order valence-corrected chi connectivity index (χ3v) is 17.9. The Morgan fingerprint density at radius 2 is 0.531 bits per heavy atom. The number of hydrogen-bond acceptors (Lipinski definition) is 15. The van der Waals surface area contributed by atoms with Crippen LogP contribution in [-0.4, -0.2) is 96.7 Å². The molecule has 5 atom stereocenters. The van der Waals surface area contributed by atoms with Gasteiger partial charge in [-0.25, -0.2) is 9.13 Å². The maximum Gasteiger partial charge on any atom is 0.472 e. The van der Waals surface area contributed by atoms with Crippen molar-refractivity contribution in [3.05, 3.63) is 97.2 Å². The number of carbonyl (C=O) groups is 4. The molecule has 0 bridgehead atoms. The van der Waals surface area contributed by atoms with Crippen LogP contribution in [0.15, 0.2) is 97.2 Å². The molecule has 0 amide bonds. The molecule has 0 aliphatic carbocycles. The number of phosphoric ester groups is 2. The van der Waals surface area contributed by atoms with Gasteiger partial charge in [-0.1, -0.05) is 253 Å². The second-order valence-electron chi connectivity index (χ2n) is 25.5. The van der Waals surface area contributed by atoms with Crippen LogP contribution in [0.3, 0.4) is 0 Å². The van der Waals surface area contributed by atoms with E-state index < -0.39 is 97.5 Å². The minimum atomic E-state index is -4.98. The fraction of sp³-hybridized carbons (Fsp3) is 0.747. The maximum absolute atomic E-state index is 13.1. The van der Waals surface area contributed by atoms with Crippen molar-refractivity contribution in [2.75, 3.05) is 39.6 Å². The standard InChI is InChI=1S/C79H138O17P2/c1-5-9-13-17-21-25-29-33-35-36-38-41-44-48-52-56-60-64-77(82)90-70-75(96-79(84)66-62-58-54-50-46-42-37-34-30-26-22-18-14-10-6-2)72-94-98(87,88)92-68-73(80)67-91-97(85,86)93-71-74(95-78(83)65-61-57-53-49-45-40-32-28-24-20-16-12-8-4)69-89-76(81)63-59-55-51-47-43-39-31-27-23-19-15-11-7-3/h9-10,13-14,21-22,25-28,31-35,37,73-75,80H,5-8,11-12,15-20,23-24,29-30,36,38-72H2,1-4H3,(H,85,86)(H,87,88)/b13-9-,14-10-,25-21-,26-22-,31-27-,32-28-,35-33-,37-34-. The largest absolute Gasteiger partial charge is 0.472 e. The monoisotopic (exact) mass is 1420 g/mol. The van der Waals surface area contributed by atoms with Crippen LogP contribution in [0.4, 0.5) is 0 Å². The van der Waals surface area contributed by atoms with Gasteiger partial charge in [-0.15, -0.1) is 0 Å². The average molecular weight is 1420 g/mol. The SMILES string of the molecule is CC/C=C\C/C=C\C/C=C\CCCCCCCCCC(=O)OCC(COP(=O)(O)OCC(O)COP(=O)(O)OCC(COC(=O)CCCCCCC/C=C\CCCCCC)OC(=O)CCCCCCC/C=C\CCCCCC)OC(=O)CCCCCCC/C=C\C/C=C\C/C=C\CC. The number of rotatable bonds is 72. The minimum Gasteiger partial charge on any atom is -0.462 e. The molecule has 0 heterocycles. The average Bonchev–Trinajstić information content (AvgIpc) is 1.05. The van der Waals surface area contributed by atoms with Crippen LogP contribution in [0.5, 0.6) is 0 Å². The highest BCUT2D eigenvalue weighted by Crippen LogP contribution is 2.45. The predicted octanol–water partition coefficient (Wildman–Crippen LogP) is 22.0. The zero-order chi connectivity index (χ0) is 71.8. The number of hydrogen-bond donors (Lipinski definition) is 3. The molecule has 19 heteroatoms. The van der Waals surface area contributed by atoms with Crippen LogP contribution < -0.4 is 0 Å². The summed E-state index contributed by atoms with van der Waals surface area (Å²) >= 11 is 0. The summed E-state index contributed by atoms with van der Waals surface area (Å²) in [5, 5.41) is 10.6. The topological polar surface area (TPSA) is 237 Å². The number of phosphoric acid groups is 2. The van der Waals surface area contributed by atoms with E-state index in [1.54, 1.807) is 0 Å². The summed E-state index contributed by atoms with van der Waals surface area (Å²) in [7, 11) is -9.96. The molecular weight excluding hydrogens is 1280 g/mol. The van der Waals surface area contributed by atoms with Crippen LogP contribution in [0.2, 0.25) is 0 Å². The minimum absolute atomic E-state index is 0.0728. The summed E-state index contributed by atoms with van der Waals surface area (Å²) in [6.07, 6.45) is 73.9. The Labute approximate surface area is 595 Å². The van der Waals surface area contributed by atoms with Gasteiger partial charge in [0, 0.05) is 25.7 Å². The van der Waals surface area contributed by atoms with E-state index in [1.807, 2.05) is 0 Å². The lowest BCUT2D eigenvalue weighted by atomic mass is 10.1. The van der Waals surface area contributed by atoms with E-state index in [-0.39, 0.29) is 25.7 Å². The third kappa shape index (κ3) is 70.4. The van der Waals surface area contributed by atoms with Crippen LogP contribution >= 0.6 is 15.6 Å². The van der Waals surface area contributed by atoms with Gasteiger partial charge < -0.3 is 33.8 Å². The van der Waals surface area contributed by atoms with E-state index in [0.29, 0.717) is 25.7 Å². The van der Waals surface area contributed by atoms with E-state index in [4.69, 9.17) is 37.0 Å². The van der Waals surface area contributed by atoms with Crippen molar-refractivity contribution in [3.63, 3.8) is 0 Å². The Kier molecular flexibility index (Phi) is 68.4. The molecule has 17 nitrogen and oxygen atoms in total. The van der Waals surface area contributed by atoms with Gasteiger partial charge in [0.25, 0.3) is 0 Å². The molecule has 0 saturated heterocycles. The van der Waals surface area contributed by atoms with Gasteiger partial charge in [-0.3, -0.25) is 37.3 Å². The second kappa shape index (κ2) is 71.4. The second-order valence-corrected chi connectivity index (χ2v) is 28.4. The van der Waals surface area contributed by atoms with Gasteiger partial charge >= 0.3 is 39.5 Å². The molecule has 5 unspecified atom stereocenters. The molecule has 0 aliphatic rings. The molecule has 0 aromatic rings. The summed E-state index contributed by atoms with van der Waals surface area (Å²) in [5.41, 5.74) is 0. The molecule has 0 fully saturated rings. The van der Waals surface area contributed by atoms with E-state index in [9.17, 15) is 43.2 Å². The van der Waals surface area contributed by atoms with Crippen molar-refractivity contribution in [2.45, 2.75) is 341 Å². The Morgan fingerprint density at radius 1 is 0.296 bits per heavy atom. The molecular formula is C79H138O17P2. The molecule has 0 aromatic heterocycles. The molecule has 0 rings (SSSR count).